The zero-order valence-electron chi connectivity index (χ0n) is 9.36. The van der Waals surface area contributed by atoms with E-state index in [-0.39, 0.29) is 11.7 Å². The lowest BCUT2D eigenvalue weighted by Crippen LogP contribution is -1.87. The first kappa shape index (κ1) is 11.2. The summed E-state index contributed by atoms with van der Waals surface area (Å²) in [6.45, 7) is 0. The molecule has 0 amide bonds. The number of hydrogen-bond donors (Lipinski definition) is 0. The van der Waals surface area contributed by atoms with Crippen molar-refractivity contribution in [2.45, 2.75) is 5.88 Å². The average Bonchev–Trinajstić information content (AvgIpc) is 2.88. The molecule has 3 rings (SSSR count). The molecule has 0 bridgehead atoms. The molecule has 0 aliphatic heterocycles. The summed E-state index contributed by atoms with van der Waals surface area (Å²) in [7, 11) is 0. The Labute approximate surface area is 108 Å². The zero-order valence-corrected chi connectivity index (χ0v) is 10.1. The lowest BCUT2D eigenvalue weighted by Gasteiger charge is -2.05. The second-order valence-corrected chi connectivity index (χ2v) is 4.17. The third-order valence-electron chi connectivity index (χ3n) is 2.88. The fourth-order valence-corrected chi connectivity index (χ4v) is 2.23. The minimum Gasteiger partial charge on any atom is -0.443 e. The molecule has 4 heteroatoms. The van der Waals surface area contributed by atoms with Gasteiger partial charge in [0.1, 0.15) is 11.5 Å². The first-order valence-corrected chi connectivity index (χ1v) is 6.00. The average molecular weight is 262 g/mol. The van der Waals surface area contributed by atoms with E-state index in [9.17, 15) is 4.39 Å². The van der Waals surface area contributed by atoms with Crippen molar-refractivity contribution in [1.29, 1.82) is 0 Å². The Balaban J connectivity index is 2.34. The molecule has 3 aromatic rings. The van der Waals surface area contributed by atoms with Crippen LogP contribution in [0.2, 0.25) is 0 Å². The van der Waals surface area contributed by atoms with Crippen LogP contribution < -0.4 is 0 Å². The van der Waals surface area contributed by atoms with Gasteiger partial charge in [0, 0.05) is 10.9 Å². The number of nitrogens with zero attached hydrogens (tertiary/aromatic N) is 1. The quantitative estimate of drug-likeness (QED) is 0.640. The second-order valence-electron chi connectivity index (χ2n) is 3.90. The van der Waals surface area contributed by atoms with Crippen molar-refractivity contribution in [3.05, 3.63) is 54.3 Å². The van der Waals surface area contributed by atoms with Crippen LogP contribution in [0.3, 0.4) is 0 Å². The van der Waals surface area contributed by atoms with E-state index >= 15 is 0 Å². The van der Waals surface area contributed by atoms with Gasteiger partial charge in [0.25, 0.3) is 0 Å². The Bertz CT molecular complexity index is 708. The van der Waals surface area contributed by atoms with E-state index in [1.54, 1.807) is 18.2 Å². The molecule has 1 heterocycles. The van der Waals surface area contributed by atoms with Crippen LogP contribution in [-0.4, -0.2) is 4.98 Å². The number of benzene rings is 2. The van der Waals surface area contributed by atoms with Crippen LogP contribution in [0.5, 0.6) is 0 Å². The highest BCUT2D eigenvalue weighted by Gasteiger charge is 2.14. The molecular formula is C14H9ClFNO. The first-order valence-electron chi connectivity index (χ1n) is 5.47. The molecular weight excluding hydrogens is 253 g/mol. The number of halogens is 2. The standard InChI is InChI=1S/C14H9ClFNO/c15-7-13-14(18-8-17-13)11-5-6-12(16)10-4-2-1-3-9(10)11/h1-6,8H,7H2. The maximum absolute atomic E-state index is 13.7. The zero-order chi connectivity index (χ0) is 12.5. The number of hydrogen-bond acceptors (Lipinski definition) is 2. The molecule has 0 saturated heterocycles. The van der Waals surface area contributed by atoms with E-state index in [0.717, 1.165) is 10.9 Å². The normalized spacial score (nSPS) is 11.0. The van der Waals surface area contributed by atoms with E-state index in [2.05, 4.69) is 4.98 Å². The Morgan fingerprint density at radius 1 is 1.11 bits per heavy atom. The third kappa shape index (κ3) is 1.68. The molecule has 0 unspecified atom stereocenters. The number of oxazole rings is 1. The van der Waals surface area contributed by atoms with Gasteiger partial charge in [-0.3, -0.25) is 0 Å². The molecule has 0 spiro atoms. The van der Waals surface area contributed by atoms with Crippen molar-refractivity contribution in [2.24, 2.45) is 0 Å². The molecule has 2 aromatic carbocycles. The van der Waals surface area contributed by atoms with Gasteiger partial charge in [0.05, 0.1) is 5.88 Å². The maximum Gasteiger partial charge on any atom is 0.181 e. The van der Waals surface area contributed by atoms with Gasteiger partial charge in [-0.05, 0) is 17.5 Å². The van der Waals surface area contributed by atoms with Gasteiger partial charge in [-0.15, -0.1) is 11.6 Å². The predicted octanol–water partition coefficient (Wildman–Crippen LogP) is 4.37. The summed E-state index contributed by atoms with van der Waals surface area (Å²) in [5.41, 5.74) is 1.47. The Morgan fingerprint density at radius 2 is 1.89 bits per heavy atom. The minimum atomic E-state index is -0.249. The van der Waals surface area contributed by atoms with E-state index in [1.807, 2.05) is 12.1 Å². The Kier molecular flexibility index (Phi) is 2.76. The largest absolute Gasteiger partial charge is 0.443 e. The Morgan fingerprint density at radius 3 is 2.67 bits per heavy atom. The van der Waals surface area contributed by atoms with Crippen LogP contribution in [0.4, 0.5) is 4.39 Å². The summed E-state index contributed by atoms with van der Waals surface area (Å²) < 4.78 is 19.1. The molecule has 0 fully saturated rings. The van der Waals surface area contributed by atoms with Crippen LogP contribution in [-0.2, 0) is 5.88 Å². The summed E-state index contributed by atoms with van der Waals surface area (Å²) in [4.78, 5) is 4.05. The second kappa shape index (κ2) is 4.42. The fourth-order valence-electron chi connectivity index (χ4n) is 2.04. The predicted molar refractivity (Wildman–Crippen MR) is 69.0 cm³/mol. The highest BCUT2D eigenvalue weighted by Crippen LogP contribution is 2.32. The molecule has 2 nitrogen and oxygen atoms in total. The summed E-state index contributed by atoms with van der Waals surface area (Å²) in [6.07, 6.45) is 1.35. The molecule has 18 heavy (non-hydrogen) atoms. The van der Waals surface area contributed by atoms with Gasteiger partial charge in [0.2, 0.25) is 0 Å². The molecule has 0 saturated carbocycles. The molecule has 1 aromatic heterocycles. The lowest BCUT2D eigenvalue weighted by molar-refractivity contribution is 0.571. The van der Waals surface area contributed by atoms with Crippen LogP contribution in [0.15, 0.2) is 47.2 Å². The van der Waals surface area contributed by atoms with Gasteiger partial charge in [0.15, 0.2) is 12.2 Å². The summed E-state index contributed by atoms with van der Waals surface area (Å²) >= 11 is 5.81. The minimum absolute atomic E-state index is 0.249. The lowest BCUT2D eigenvalue weighted by atomic mass is 10.0. The highest BCUT2D eigenvalue weighted by atomic mass is 35.5. The van der Waals surface area contributed by atoms with Gasteiger partial charge in [-0.2, -0.15) is 0 Å². The number of aromatic nitrogens is 1. The maximum atomic E-state index is 13.7. The third-order valence-corrected chi connectivity index (χ3v) is 3.14. The highest BCUT2D eigenvalue weighted by molar-refractivity contribution is 6.17. The van der Waals surface area contributed by atoms with E-state index < -0.39 is 0 Å². The van der Waals surface area contributed by atoms with E-state index in [1.165, 1.54) is 12.5 Å². The van der Waals surface area contributed by atoms with E-state index in [4.69, 9.17) is 16.0 Å². The van der Waals surface area contributed by atoms with Crippen molar-refractivity contribution in [3.8, 4) is 11.3 Å². The number of alkyl halides is 1. The van der Waals surface area contributed by atoms with Crippen molar-refractivity contribution >= 4 is 22.4 Å². The molecule has 0 atom stereocenters. The summed E-state index contributed by atoms with van der Waals surface area (Å²) in [5, 5.41) is 1.35. The van der Waals surface area contributed by atoms with Crippen molar-refractivity contribution in [1.82, 2.24) is 4.98 Å². The summed E-state index contributed by atoms with van der Waals surface area (Å²) in [6, 6.07) is 10.4. The van der Waals surface area contributed by atoms with Crippen LogP contribution in [0.25, 0.3) is 22.1 Å². The molecule has 90 valence electrons. The first-order chi connectivity index (χ1) is 8.81. The van der Waals surface area contributed by atoms with Crippen LogP contribution in [0, 0.1) is 5.82 Å². The fraction of sp³-hybridized carbons (Fsp3) is 0.0714. The van der Waals surface area contributed by atoms with Crippen LogP contribution >= 0.6 is 11.6 Å². The van der Waals surface area contributed by atoms with Gasteiger partial charge in [-0.1, -0.05) is 24.3 Å². The van der Waals surface area contributed by atoms with E-state index in [0.29, 0.717) is 16.8 Å². The monoisotopic (exact) mass is 261 g/mol. The number of fused-ring (bicyclic) bond motifs is 1. The van der Waals surface area contributed by atoms with Crippen molar-refractivity contribution in [3.63, 3.8) is 0 Å². The Hall–Kier alpha value is -1.87. The van der Waals surface area contributed by atoms with Gasteiger partial charge >= 0.3 is 0 Å². The smallest absolute Gasteiger partial charge is 0.181 e. The molecule has 0 N–H and O–H groups in total. The summed E-state index contributed by atoms with van der Waals surface area (Å²) in [5.74, 6) is 0.611. The topological polar surface area (TPSA) is 26.0 Å². The van der Waals surface area contributed by atoms with Gasteiger partial charge < -0.3 is 4.42 Å². The van der Waals surface area contributed by atoms with Crippen molar-refractivity contribution in [2.75, 3.05) is 0 Å². The SMILES string of the molecule is Fc1ccc(-c2ocnc2CCl)c2ccccc12. The molecule has 0 aliphatic rings. The van der Waals surface area contributed by atoms with Gasteiger partial charge in [-0.25, -0.2) is 9.37 Å². The molecule has 0 aliphatic carbocycles. The van der Waals surface area contributed by atoms with Crippen molar-refractivity contribution < 1.29 is 8.81 Å². The number of rotatable bonds is 2. The molecule has 0 radical (unpaired) electrons. The van der Waals surface area contributed by atoms with Crippen LogP contribution in [0.1, 0.15) is 5.69 Å².